The second-order valence-corrected chi connectivity index (χ2v) is 13.3. The van der Waals surface area contributed by atoms with E-state index in [1.54, 1.807) is 0 Å². The molecule has 1 unspecified atom stereocenters. The van der Waals surface area contributed by atoms with Crippen LogP contribution in [0.5, 0.6) is 0 Å². The second kappa shape index (κ2) is 12.2. The molecule has 2 N–H and O–H groups in total. The normalized spacial score (nSPS) is 16.2. The number of unbranched alkanes of at least 4 members (excludes halogenated alkanes) is 3. The molecule has 8 heteroatoms. The van der Waals surface area contributed by atoms with Gasteiger partial charge < -0.3 is 0 Å². The van der Waals surface area contributed by atoms with Gasteiger partial charge in [0.15, 0.2) is 0 Å². The van der Waals surface area contributed by atoms with E-state index in [1.807, 2.05) is 0 Å². The summed E-state index contributed by atoms with van der Waals surface area (Å²) in [4.78, 5) is 16.6. The van der Waals surface area contributed by atoms with Crippen molar-refractivity contribution in [2.45, 2.75) is 70.6 Å². The van der Waals surface area contributed by atoms with Crippen molar-refractivity contribution in [3.05, 3.63) is 47.5 Å². The van der Waals surface area contributed by atoms with E-state index in [4.69, 9.17) is 9.97 Å². The molecule has 0 amide bonds. The van der Waals surface area contributed by atoms with Gasteiger partial charge in [0.05, 0.1) is 0 Å². The predicted molar refractivity (Wildman–Crippen MR) is 165 cm³/mol. The molecule has 6 radical (unpaired) electrons. The number of nitrogens with zero attached hydrogens (tertiary/aromatic N) is 2. The van der Waals surface area contributed by atoms with Crippen LogP contribution in [0.2, 0.25) is 0 Å². The van der Waals surface area contributed by atoms with Gasteiger partial charge in [0.1, 0.15) is 0 Å². The van der Waals surface area contributed by atoms with Crippen LogP contribution >= 0.6 is 0 Å². The average Bonchev–Trinajstić information content (AvgIpc) is 3.47. The summed E-state index contributed by atoms with van der Waals surface area (Å²) in [7, 11) is 0. The Kier molecular flexibility index (Phi) is 9.09. The van der Waals surface area contributed by atoms with Gasteiger partial charge in [-0.3, -0.25) is 0 Å². The average molecular weight is 557 g/mol. The van der Waals surface area contributed by atoms with Gasteiger partial charge in [-0.2, -0.15) is 0 Å². The summed E-state index contributed by atoms with van der Waals surface area (Å²) in [5.41, 5.74) is 8.06. The summed E-state index contributed by atoms with van der Waals surface area (Å²) in [6.45, 7) is 4.63. The summed E-state index contributed by atoms with van der Waals surface area (Å²) in [5, 5.41) is 4.12. The molecule has 1 aliphatic carbocycles. The molecule has 0 fully saturated rings. The van der Waals surface area contributed by atoms with Crippen molar-refractivity contribution in [3.8, 4) is 33.9 Å². The summed E-state index contributed by atoms with van der Waals surface area (Å²) in [6, 6.07) is 14.0. The van der Waals surface area contributed by atoms with Crippen molar-refractivity contribution in [2.75, 3.05) is 0 Å². The molecule has 0 spiro atoms. The topological polar surface area (TPSA) is 57.4 Å². The fourth-order valence-electron chi connectivity index (χ4n) is 6.13. The van der Waals surface area contributed by atoms with Crippen LogP contribution in [0.3, 0.4) is 0 Å². The third-order valence-electron chi connectivity index (χ3n) is 8.02. The quantitative estimate of drug-likeness (QED) is 0.233. The number of aromatic nitrogens is 4. The first-order valence-corrected chi connectivity index (χ1v) is 16.9. The molecule has 38 heavy (non-hydrogen) atoms. The fourth-order valence-corrected chi connectivity index (χ4v) is 7.60. The Labute approximate surface area is 257 Å². The van der Waals surface area contributed by atoms with Crippen molar-refractivity contribution in [1.82, 2.24) is 19.9 Å². The molecule has 0 saturated heterocycles. The van der Waals surface area contributed by atoms with Crippen LogP contribution in [-0.2, 0) is 11.8 Å². The van der Waals surface area contributed by atoms with Crippen LogP contribution in [0.25, 0.3) is 33.9 Å². The van der Waals surface area contributed by atoms with Crippen molar-refractivity contribution in [1.29, 1.82) is 0 Å². The van der Waals surface area contributed by atoms with E-state index in [2.05, 4.69) is 114 Å². The fraction of sp³-hybridized carbons (Fsp3) is 0.367. The van der Waals surface area contributed by atoms with Crippen molar-refractivity contribution >= 4 is 87.3 Å². The van der Waals surface area contributed by atoms with E-state index in [0.29, 0.717) is 0 Å². The number of aromatic amines is 2. The first-order valence-electron chi connectivity index (χ1n) is 13.8. The molecule has 184 valence electrons. The van der Waals surface area contributed by atoms with E-state index < -0.39 is 0 Å². The van der Waals surface area contributed by atoms with Crippen LogP contribution in [0, 0.1) is 0 Å². The minimum atomic E-state index is -0.0816. The molecular weight excluding hydrogens is 524 g/mol. The van der Waals surface area contributed by atoms with Gasteiger partial charge in [-0.25, -0.2) is 0 Å². The molecule has 0 bridgehead atoms. The Balaban J connectivity index is 1.66. The maximum absolute atomic E-state index is 4.88. The van der Waals surface area contributed by atoms with E-state index in [1.165, 1.54) is 67.2 Å². The SMILES string of the molecule is [CH2]=[Al][c]1nc(-c2ccc3c(c2)-c2cc(-c4n[c]([Al])[c]([Al])[nH]4)ccc2C(CCC)(CCCCCC)C3)[nH][c]1[Al]. The third kappa shape index (κ3) is 5.55. The number of hydrogen-bond acceptors (Lipinski definition) is 2. The van der Waals surface area contributed by atoms with Crippen molar-refractivity contribution in [2.24, 2.45) is 0 Å². The zero-order valence-corrected chi connectivity index (χ0v) is 27.2. The Morgan fingerprint density at radius 1 is 0.842 bits per heavy atom. The van der Waals surface area contributed by atoms with Crippen molar-refractivity contribution < 1.29 is 0 Å². The monoisotopic (exact) mass is 556 g/mol. The van der Waals surface area contributed by atoms with Gasteiger partial charge in [0.2, 0.25) is 32.6 Å². The van der Waals surface area contributed by atoms with Crippen LogP contribution in [-0.4, -0.2) is 89.0 Å². The van der Waals surface area contributed by atoms with Crippen LogP contribution in [0.4, 0.5) is 0 Å². The van der Waals surface area contributed by atoms with Crippen LogP contribution < -0.4 is 18.2 Å². The molecule has 1 atom stereocenters. The van der Waals surface area contributed by atoms with Gasteiger partial charge in [0, 0.05) is 0 Å². The van der Waals surface area contributed by atoms with Gasteiger partial charge in [0.25, 0.3) is 0 Å². The van der Waals surface area contributed by atoms with Gasteiger partial charge in [-0.05, 0) is 0 Å². The summed E-state index contributed by atoms with van der Waals surface area (Å²) < 4.78 is 4.09. The summed E-state index contributed by atoms with van der Waals surface area (Å²) >= 11 is 8.17. The Hall–Kier alpha value is -1.14. The molecule has 2 heterocycles. The molecule has 4 nitrogen and oxygen atoms in total. The van der Waals surface area contributed by atoms with E-state index in [9.17, 15) is 0 Å². The molecule has 1 aliphatic rings. The second-order valence-electron chi connectivity index (χ2n) is 10.6. The number of imidazole rings is 2. The number of rotatable bonds is 10. The summed E-state index contributed by atoms with van der Waals surface area (Å²) in [5.74, 6) is 1.84. The zero-order chi connectivity index (χ0) is 26.9. The third-order valence-corrected chi connectivity index (χ3v) is 10.8. The maximum atomic E-state index is 4.88. The Morgan fingerprint density at radius 3 is 2.21 bits per heavy atom. The van der Waals surface area contributed by atoms with E-state index in [0.717, 1.165) is 47.4 Å². The molecule has 2 aromatic heterocycles. The minimum absolute atomic E-state index is 0.0816. The van der Waals surface area contributed by atoms with Gasteiger partial charge in [-0.15, -0.1) is 0 Å². The standard InChI is InChI=1S/C29H30N4.CH2.4Al/c1-3-5-6-7-13-29(12-4-2)20-23-9-8-21(27-30-14-15-31-27)18-24(23)25-19-22(10-11-26(25)29)28-32-16-17-33-28;;;;;/h8-11,18-19H,3-7,12-13,20H2,1-2H3,(H,30,31)(H,32,33);1H2;;;;. The predicted octanol–water partition coefficient (Wildman–Crippen LogP) is 2.84. The Morgan fingerprint density at radius 2 is 1.55 bits per heavy atom. The summed E-state index contributed by atoms with van der Waals surface area (Å²) in [6.07, 6.45) is 9.93. The molecule has 5 rings (SSSR count). The van der Waals surface area contributed by atoms with Crippen LogP contribution in [0.1, 0.15) is 69.9 Å². The number of hydrogen-bond donors (Lipinski definition) is 2. The van der Waals surface area contributed by atoms with E-state index in [-0.39, 0.29) is 20.2 Å². The first-order chi connectivity index (χ1) is 18.4. The van der Waals surface area contributed by atoms with E-state index >= 15 is 0 Å². The number of benzene rings is 2. The van der Waals surface area contributed by atoms with Gasteiger partial charge >= 0.3 is 207 Å². The number of H-pyrrole nitrogens is 2. The number of fused-ring (bicyclic) bond motifs is 3. The Bertz CT molecular complexity index is 1450. The first kappa shape index (κ1) is 28.4. The molecule has 0 aliphatic heterocycles. The number of nitrogens with one attached hydrogen (secondary N) is 2. The molecular formula is C30H32Al4N4. The zero-order valence-electron chi connectivity index (χ0n) is 22.5. The van der Waals surface area contributed by atoms with Gasteiger partial charge in [-0.1, -0.05) is 19.8 Å². The molecule has 4 aromatic rings. The van der Waals surface area contributed by atoms with Crippen molar-refractivity contribution in [3.63, 3.8) is 0 Å². The molecule has 0 saturated carbocycles. The van der Waals surface area contributed by atoms with Crippen LogP contribution in [0.15, 0.2) is 36.4 Å². The molecule has 2 aromatic carbocycles.